The van der Waals surface area contributed by atoms with E-state index in [1.54, 1.807) is 6.20 Å². The first-order chi connectivity index (χ1) is 11.1. The van der Waals surface area contributed by atoms with Crippen LogP contribution in [0.15, 0.2) is 36.8 Å². The second-order valence-corrected chi connectivity index (χ2v) is 5.59. The number of aromatic nitrogens is 3. The van der Waals surface area contributed by atoms with E-state index in [1.165, 1.54) is 11.2 Å². The maximum absolute atomic E-state index is 12.6. The Morgan fingerprint density at radius 2 is 2.22 bits per heavy atom. The van der Waals surface area contributed by atoms with Crippen molar-refractivity contribution in [1.29, 1.82) is 0 Å². The van der Waals surface area contributed by atoms with Crippen LogP contribution in [0, 0.1) is 0 Å². The van der Waals surface area contributed by atoms with E-state index in [-0.39, 0.29) is 12.3 Å². The normalized spacial score (nSPS) is 15.1. The van der Waals surface area contributed by atoms with Gasteiger partial charge in [0.2, 0.25) is 0 Å². The number of carboxylic acid groups (broad SMARTS) is 1. The largest absolute Gasteiger partial charge is 0.480 e. The third-order valence-corrected chi connectivity index (χ3v) is 4.25. The first-order valence-corrected chi connectivity index (χ1v) is 7.26. The first-order valence-electron chi connectivity index (χ1n) is 7.26. The molecule has 2 aromatic heterocycles. The van der Waals surface area contributed by atoms with Crippen LogP contribution in [0.25, 0.3) is 10.9 Å². The Kier molecular flexibility index (Phi) is 2.94. The topological polar surface area (TPSA) is 102 Å². The van der Waals surface area contributed by atoms with Crippen LogP contribution in [-0.4, -0.2) is 42.9 Å². The zero-order valence-electron chi connectivity index (χ0n) is 12.1. The highest BCUT2D eigenvalue weighted by atomic mass is 16.4. The van der Waals surface area contributed by atoms with Crippen LogP contribution in [0.1, 0.15) is 21.7 Å². The zero-order valence-corrected chi connectivity index (χ0v) is 12.1. The smallest absolute Gasteiger partial charge is 0.326 e. The molecule has 1 aliphatic heterocycles. The monoisotopic (exact) mass is 310 g/mol. The molecule has 7 nitrogen and oxygen atoms in total. The Hall–Kier alpha value is -3.09. The van der Waals surface area contributed by atoms with Crippen LogP contribution in [0.3, 0.4) is 0 Å². The molecule has 0 radical (unpaired) electrons. The quantitative estimate of drug-likeness (QED) is 0.680. The number of fused-ring (bicyclic) bond motifs is 3. The maximum atomic E-state index is 12.6. The van der Waals surface area contributed by atoms with Crippen LogP contribution in [0.5, 0.6) is 0 Å². The predicted molar refractivity (Wildman–Crippen MR) is 81.9 cm³/mol. The predicted octanol–water partition coefficient (Wildman–Crippen LogP) is 1.54. The first kappa shape index (κ1) is 13.6. The van der Waals surface area contributed by atoms with Gasteiger partial charge in [0.05, 0.1) is 6.33 Å². The Morgan fingerprint density at radius 3 is 2.96 bits per heavy atom. The van der Waals surface area contributed by atoms with Gasteiger partial charge in [0, 0.05) is 41.3 Å². The van der Waals surface area contributed by atoms with Crippen molar-refractivity contribution in [3.05, 3.63) is 53.7 Å². The Bertz CT molecular complexity index is 897. The lowest BCUT2D eigenvalue weighted by atomic mass is 10.1. The molecule has 1 amide bonds. The molecule has 0 aliphatic carbocycles. The highest BCUT2D eigenvalue weighted by Crippen LogP contribution is 2.31. The number of rotatable bonds is 4. The van der Waals surface area contributed by atoms with Gasteiger partial charge in [0.25, 0.3) is 5.91 Å². The minimum Gasteiger partial charge on any atom is -0.480 e. The number of hydrogen-bond acceptors (Lipinski definition) is 3. The number of hydrogen-bond donors (Lipinski definition) is 3. The third-order valence-electron chi connectivity index (χ3n) is 4.25. The minimum absolute atomic E-state index is 0.198. The van der Waals surface area contributed by atoms with Crippen LogP contribution < -0.4 is 0 Å². The summed E-state index contributed by atoms with van der Waals surface area (Å²) in [7, 11) is 0. The SMILES string of the molecule is O=C(O)[C@H](Cc1cnc[nH]1)N1Cc2c([nH]c3ccccc23)C1=O. The fourth-order valence-corrected chi connectivity index (χ4v) is 3.12. The van der Waals surface area contributed by atoms with Crippen molar-refractivity contribution in [1.82, 2.24) is 19.9 Å². The third kappa shape index (κ3) is 2.09. The molecule has 0 saturated carbocycles. The van der Waals surface area contributed by atoms with Crippen molar-refractivity contribution >= 4 is 22.8 Å². The number of carbonyl (C=O) groups excluding carboxylic acids is 1. The number of benzene rings is 1. The summed E-state index contributed by atoms with van der Waals surface area (Å²) >= 11 is 0. The summed E-state index contributed by atoms with van der Waals surface area (Å²) in [6.45, 7) is 0.295. The number of amides is 1. The van der Waals surface area contributed by atoms with Crippen molar-refractivity contribution in [2.45, 2.75) is 19.0 Å². The van der Waals surface area contributed by atoms with Gasteiger partial charge < -0.3 is 20.0 Å². The summed E-state index contributed by atoms with van der Waals surface area (Å²) in [6.07, 6.45) is 3.27. The molecule has 116 valence electrons. The summed E-state index contributed by atoms with van der Waals surface area (Å²) in [5.41, 5.74) is 2.93. The lowest BCUT2D eigenvalue weighted by molar-refractivity contribution is -0.142. The number of aliphatic carboxylic acids is 1. The van der Waals surface area contributed by atoms with Crippen LogP contribution in [0.2, 0.25) is 0 Å². The van der Waals surface area contributed by atoms with E-state index >= 15 is 0 Å². The van der Waals surface area contributed by atoms with Gasteiger partial charge in [-0.3, -0.25) is 4.79 Å². The number of aromatic amines is 2. The maximum Gasteiger partial charge on any atom is 0.326 e. The lowest BCUT2D eigenvalue weighted by Crippen LogP contribution is -2.43. The van der Waals surface area contributed by atoms with Gasteiger partial charge in [0.15, 0.2) is 0 Å². The summed E-state index contributed by atoms with van der Waals surface area (Å²) in [5.74, 6) is -1.30. The van der Waals surface area contributed by atoms with E-state index in [9.17, 15) is 14.7 Å². The molecule has 7 heteroatoms. The fourth-order valence-electron chi connectivity index (χ4n) is 3.12. The Morgan fingerprint density at radius 1 is 1.39 bits per heavy atom. The highest BCUT2D eigenvalue weighted by molar-refractivity contribution is 6.05. The standard InChI is InChI=1S/C16H14N4O3/c21-15-14-11(10-3-1-2-4-12(10)19-14)7-20(15)13(16(22)23)5-9-6-17-8-18-9/h1-4,6,8,13,19H,5,7H2,(H,17,18)(H,22,23)/t13-/m0/s1. The average Bonchev–Trinajstić information content (AvgIpc) is 3.23. The van der Waals surface area contributed by atoms with Gasteiger partial charge in [-0.25, -0.2) is 9.78 Å². The van der Waals surface area contributed by atoms with E-state index in [4.69, 9.17) is 0 Å². The molecule has 3 aromatic rings. The molecule has 1 aliphatic rings. The molecule has 4 rings (SSSR count). The van der Waals surface area contributed by atoms with E-state index in [1.807, 2.05) is 24.3 Å². The van der Waals surface area contributed by atoms with Crippen LogP contribution in [-0.2, 0) is 17.8 Å². The van der Waals surface area contributed by atoms with Gasteiger partial charge in [0.1, 0.15) is 11.7 Å². The lowest BCUT2D eigenvalue weighted by Gasteiger charge is -2.23. The molecular weight excluding hydrogens is 296 g/mol. The van der Waals surface area contributed by atoms with E-state index in [0.29, 0.717) is 17.9 Å². The summed E-state index contributed by atoms with van der Waals surface area (Å²) in [6, 6.07) is 6.72. The van der Waals surface area contributed by atoms with Crippen molar-refractivity contribution < 1.29 is 14.7 Å². The number of nitrogens with zero attached hydrogens (tertiary/aromatic N) is 2. The number of nitrogens with one attached hydrogen (secondary N) is 2. The second kappa shape index (κ2) is 4.98. The molecule has 23 heavy (non-hydrogen) atoms. The summed E-state index contributed by atoms with van der Waals surface area (Å²) in [4.78, 5) is 35.6. The number of H-pyrrole nitrogens is 2. The fraction of sp³-hybridized carbons (Fsp3) is 0.188. The van der Waals surface area contributed by atoms with Gasteiger partial charge in [-0.2, -0.15) is 0 Å². The van der Waals surface area contributed by atoms with Gasteiger partial charge in [-0.1, -0.05) is 18.2 Å². The van der Waals surface area contributed by atoms with Crippen molar-refractivity contribution in [2.75, 3.05) is 0 Å². The van der Waals surface area contributed by atoms with E-state index < -0.39 is 12.0 Å². The number of carbonyl (C=O) groups is 2. The molecule has 1 aromatic carbocycles. The molecule has 0 fully saturated rings. The second-order valence-electron chi connectivity index (χ2n) is 5.59. The molecular formula is C16H14N4O3. The number of imidazole rings is 1. The molecule has 0 bridgehead atoms. The van der Waals surface area contributed by atoms with Crippen molar-refractivity contribution in [3.8, 4) is 0 Å². The van der Waals surface area contributed by atoms with E-state index in [0.717, 1.165) is 16.5 Å². The van der Waals surface area contributed by atoms with Gasteiger partial charge in [-0.15, -0.1) is 0 Å². The summed E-state index contributed by atoms with van der Waals surface area (Å²) < 4.78 is 0. The molecule has 1 atom stereocenters. The minimum atomic E-state index is -1.03. The Balaban J connectivity index is 1.69. The van der Waals surface area contributed by atoms with Gasteiger partial charge >= 0.3 is 5.97 Å². The zero-order chi connectivity index (χ0) is 16.0. The average molecular weight is 310 g/mol. The van der Waals surface area contributed by atoms with Crippen molar-refractivity contribution in [2.24, 2.45) is 0 Å². The summed E-state index contributed by atoms with van der Waals surface area (Å²) in [5, 5.41) is 10.5. The molecule has 0 unspecified atom stereocenters. The van der Waals surface area contributed by atoms with Crippen LogP contribution >= 0.6 is 0 Å². The Labute approximate surface area is 131 Å². The molecule has 0 saturated heterocycles. The molecule has 3 heterocycles. The van der Waals surface area contributed by atoms with Crippen molar-refractivity contribution in [3.63, 3.8) is 0 Å². The molecule has 0 spiro atoms. The van der Waals surface area contributed by atoms with Gasteiger partial charge in [-0.05, 0) is 6.07 Å². The molecule has 3 N–H and O–H groups in total. The number of para-hydroxylation sites is 1. The van der Waals surface area contributed by atoms with E-state index in [2.05, 4.69) is 15.0 Å². The van der Waals surface area contributed by atoms with Crippen LogP contribution in [0.4, 0.5) is 0 Å². The highest BCUT2D eigenvalue weighted by Gasteiger charge is 2.38. The number of carboxylic acids is 1.